The number of hydrogen-bond acceptors (Lipinski definition) is 3. The average Bonchev–Trinajstić information content (AvgIpc) is 2.41. The number of phenols is 1. The van der Waals surface area contributed by atoms with Crippen molar-refractivity contribution in [3.63, 3.8) is 0 Å². The molecule has 0 aliphatic heterocycles. The molecule has 0 fully saturated rings. The van der Waals surface area contributed by atoms with Crippen LogP contribution in [0.4, 0.5) is 0 Å². The molecule has 3 N–H and O–H groups in total. The number of aliphatic hydroxyl groups excluding tert-OH is 2. The SMILES string of the molecule is OCCO.Oc1ccccc1-c1ccccc1. The largest absolute Gasteiger partial charge is 0.507 e. The monoisotopic (exact) mass is 232 g/mol. The molecule has 0 saturated heterocycles. The lowest BCUT2D eigenvalue weighted by atomic mass is 10.1. The first-order valence-corrected chi connectivity index (χ1v) is 5.34. The summed E-state index contributed by atoms with van der Waals surface area (Å²) in [6.45, 7) is -0.250. The topological polar surface area (TPSA) is 60.7 Å². The molecule has 2 aromatic carbocycles. The molecule has 0 aliphatic rings. The van der Waals surface area contributed by atoms with Crippen molar-refractivity contribution < 1.29 is 15.3 Å². The van der Waals surface area contributed by atoms with Gasteiger partial charge in [-0.2, -0.15) is 0 Å². The van der Waals surface area contributed by atoms with Gasteiger partial charge >= 0.3 is 0 Å². The lowest BCUT2D eigenvalue weighted by Gasteiger charge is -2.02. The molecule has 0 saturated carbocycles. The second-order valence-corrected chi connectivity index (χ2v) is 3.33. The first kappa shape index (κ1) is 13.2. The number of rotatable bonds is 2. The first-order valence-electron chi connectivity index (χ1n) is 5.34. The Labute approximate surface area is 101 Å². The van der Waals surface area contributed by atoms with E-state index in [0.29, 0.717) is 5.75 Å². The standard InChI is InChI=1S/C12H10O.C2H6O2/c13-12-9-5-4-8-11(12)10-6-2-1-3-7-10;3-1-2-4/h1-9,13H;3-4H,1-2H2. The van der Waals surface area contributed by atoms with Gasteiger partial charge in [-0.3, -0.25) is 0 Å². The van der Waals surface area contributed by atoms with E-state index < -0.39 is 0 Å². The lowest BCUT2D eigenvalue weighted by Crippen LogP contribution is -1.85. The van der Waals surface area contributed by atoms with Crippen LogP contribution < -0.4 is 0 Å². The molecule has 0 bridgehead atoms. The van der Waals surface area contributed by atoms with Gasteiger partial charge in [-0.1, -0.05) is 48.5 Å². The Morgan fingerprint density at radius 3 is 1.76 bits per heavy atom. The van der Waals surface area contributed by atoms with Crippen molar-refractivity contribution in [2.24, 2.45) is 0 Å². The van der Waals surface area contributed by atoms with Crippen LogP contribution in [-0.2, 0) is 0 Å². The molecule has 0 unspecified atom stereocenters. The second kappa shape index (κ2) is 7.44. The van der Waals surface area contributed by atoms with Gasteiger partial charge in [0.15, 0.2) is 0 Å². The Hall–Kier alpha value is -1.84. The fraction of sp³-hybridized carbons (Fsp3) is 0.143. The molecule has 0 spiro atoms. The third kappa shape index (κ3) is 4.26. The van der Waals surface area contributed by atoms with Crippen LogP contribution in [0.15, 0.2) is 54.6 Å². The van der Waals surface area contributed by atoms with Crippen molar-refractivity contribution in [2.75, 3.05) is 13.2 Å². The summed E-state index contributed by atoms with van der Waals surface area (Å²) in [6.07, 6.45) is 0. The Kier molecular flexibility index (Phi) is 5.79. The highest BCUT2D eigenvalue weighted by Gasteiger charge is 2.00. The van der Waals surface area contributed by atoms with Crippen molar-refractivity contribution >= 4 is 0 Å². The van der Waals surface area contributed by atoms with Crippen LogP contribution in [0.2, 0.25) is 0 Å². The maximum atomic E-state index is 9.56. The molecule has 3 nitrogen and oxygen atoms in total. The predicted molar refractivity (Wildman–Crippen MR) is 67.7 cm³/mol. The van der Waals surface area contributed by atoms with E-state index in [2.05, 4.69) is 0 Å². The van der Waals surface area contributed by atoms with Crippen LogP contribution in [0, 0.1) is 0 Å². The molecule has 90 valence electrons. The molecule has 2 aromatic rings. The molecule has 0 amide bonds. The maximum absolute atomic E-state index is 9.56. The molecule has 0 aliphatic carbocycles. The van der Waals surface area contributed by atoms with E-state index in [-0.39, 0.29) is 13.2 Å². The van der Waals surface area contributed by atoms with E-state index in [1.807, 2.05) is 48.5 Å². The molecule has 0 radical (unpaired) electrons. The maximum Gasteiger partial charge on any atom is 0.123 e. The van der Waals surface area contributed by atoms with E-state index in [9.17, 15) is 5.11 Å². The summed E-state index contributed by atoms with van der Waals surface area (Å²) in [5.74, 6) is 0.328. The van der Waals surface area contributed by atoms with Crippen molar-refractivity contribution in [3.8, 4) is 16.9 Å². The predicted octanol–water partition coefficient (Wildman–Crippen LogP) is 2.03. The Morgan fingerprint density at radius 1 is 0.706 bits per heavy atom. The van der Waals surface area contributed by atoms with Crippen molar-refractivity contribution in [1.82, 2.24) is 0 Å². The van der Waals surface area contributed by atoms with E-state index >= 15 is 0 Å². The fourth-order valence-corrected chi connectivity index (χ4v) is 1.34. The molecule has 0 atom stereocenters. The fourth-order valence-electron chi connectivity index (χ4n) is 1.34. The van der Waals surface area contributed by atoms with Crippen LogP contribution >= 0.6 is 0 Å². The van der Waals surface area contributed by atoms with Crippen LogP contribution in [0.5, 0.6) is 5.75 Å². The number of hydrogen-bond donors (Lipinski definition) is 3. The summed E-state index contributed by atoms with van der Waals surface area (Å²) in [4.78, 5) is 0. The average molecular weight is 232 g/mol. The Bertz CT molecular complexity index is 424. The van der Waals surface area contributed by atoms with Gasteiger partial charge in [0.2, 0.25) is 0 Å². The number of phenolic OH excluding ortho intramolecular Hbond substituents is 1. The lowest BCUT2D eigenvalue weighted by molar-refractivity contribution is 0.186. The zero-order valence-electron chi connectivity index (χ0n) is 9.45. The van der Waals surface area contributed by atoms with Gasteiger partial charge in [0, 0.05) is 5.56 Å². The van der Waals surface area contributed by atoms with E-state index in [1.54, 1.807) is 6.07 Å². The number of aliphatic hydroxyl groups is 2. The van der Waals surface area contributed by atoms with Gasteiger partial charge < -0.3 is 15.3 Å². The minimum Gasteiger partial charge on any atom is -0.507 e. The number of para-hydroxylation sites is 1. The van der Waals surface area contributed by atoms with Gasteiger partial charge in [-0.25, -0.2) is 0 Å². The third-order valence-corrected chi connectivity index (χ3v) is 2.09. The van der Waals surface area contributed by atoms with Crippen LogP contribution in [-0.4, -0.2) is 28.5 Å². The van der Waals surface area contributed by atoms with E-state index in [1.165, 1.54) is 0 Å². The highest BCUT2D eigenvalue weighted by Crippen LogP contribution is 2.27. The Balaban J connectivity index is 0.000000317. The Morgan fingerprint density at radius 2 is 1.24 bits per heavy atom. The third-order valence-electron chi connectivity index (χ3n) is 2.09. The summed E-state index contributed by atoms with van der Waals surface area (Å²) in [7, 11) is 0. The van der Waals surface area contributed by atoms with Crippen LogP contribution in [0.25, 0.3) is 11.1 Å². The number of benzene rings is 2. The number of aromatic hydroxyl groups is 1. The van der Waals surface area contributed by atoms with Crippen LogP contribution in [0.1, 0.15) is 0 Å². The quantitative estimate of drug-likeness (QED) is 0.742. The van der Waals surface area contributed by atoms with E-state index in [0.717, 1.165) is 11.1 Å². The molecular formula is C14H16O3. The normalized spacial score (nSPS) is 9.29. The summed E-state index contributed by atoms with van der Waals surface area (Å²) < 4.78 is 0. The van der Waals surface area contributed by atoms with Gasteiger partial charge in [0.05, 0.1) is 13.2 Å². The van der Waals surface area contributed by atoms with Crippen LogP contribution in [0.3, 0.4) is 0 Å². The molecular weight excluding hydrogens is 216 g/mol. The van der Waals surface area contributed by atoms with E-state index in [4.69, 9.17) is 10.2 Å². The highest BCUT2D eigenvalue weighted by atomic mass is 16.3. The van der Waals surface area contributed by atoms with Crippen molar-refractivity contribution in [3.05, 3.63) is 54.6 Å². The highest BCUT2D eigenvalue weighted by molar-refractivity contribution is 5.69. The summed E-state index contributed by atoms with van der Waals surface area (Å²) in [5.41, 5.74) is 1.92. The zero-order chi connectivity index (χ0) is 12.5. The zero-order valence-corrected chi connectivity index (χ0v) is 9.45. The van der Waals surface area contributed by atoms with Gasteiger partial charge in [-0.05, 0) is 11.6 Å². The molecule has 17 heavy (non-hydrogen) atoms. The first-order chi connectivity index (χ1) is 8.29. The summed E-state index contributed by atoms with van der Waals surface area (Å²) in [6, 6.07) is 17.2. The summed E-state index contributed by atoms with van der Waals surface area (Å²) in [5, 5.41) is 24.8. The van der Waals surface area contributed by atoms with Crippen molar-refractivity contribution in [1.29, 1.82) is 0 Å². The molecule has 2 rings (SSSR count). The van der Waals surface area contributed by atoms with Crippen molar-refractivity contribution in [2.45, 2.75) is 0 Å². The minimum atomic E-state index is -0.125. The van der Waals surface area contributed by atoms with Gasteiger partial charge in [-0.15, -0.1) is 0 Å². The summed E-state index contributed by atoms with van der Waals surface area (Å²) >= 11 is 0. The second-order valence-electron chi connectivity index (χ2n) is 3.33. The molecule has 0 aromatic heterocycles. The van der Waals surface area contributed by atoms with Gasteiger partial charge in [0.1, 0.15) is 5.75 Å². The molecule has 0 heterocycles. The van der Waals surface area contributed by atoms with Gasteiger partial charge in [0.25, 0.3) is 0 Å². The molecule has 3 heteroatoms. The smallest absolute Gasteiger partial charge is 0.123 e. The minimum absolute atomic E-state index is 0.125.